The first kappa shape index (κ1) is 14.2. The number of carboxylic acids is 1. The first-order chi connectivity index (χ1) is 8.31. The zero-order valence-electron chi connectivity index (χ0n) is 10.1. The van der Waals surface area contributed by atoms with Crippen molar-refractivity contribution in [3.8, 4) is 5.75 Å². The number of nitrogen functional groups attached to an aromatic ring is 1. The van der Waals surface area contributed by atoms with Crippen LogP contribution in [0.15, 0.2) is 18.2 Å². The average Bonchev–Trinajstić information content (AvgIpc) is 2.29. The molecule has 0 aromatic heterocycles. The number of hydrogen-bond donors (Lipinski definition) is 2. The van der Waals surface area contributed by atoms with Gasteiger partial charge in [-0.05, 0) is 37.1 Å². The summed E-state index contributed by atoms with van der Waals surface area (Å²) in [6.45, 7) is 0.223. The van der Waals surface area contributed by atoms with Gasteiger partial charge in [0.05, 0.1) is 5.41 Å². The summed E-state index contributed by atoms with van der Waals surface area (Å²) in [6.07, 6.45) is 0.282. The number of rotatable bonds is 5. The van der Waals surface area contributed by atoms with E-state index in [0.29, 0.717) is 0 Å². The Balaban J connectivity index is 3.25. The quantitative estimate of drug-likeness (QED) is 0.797. The maximum absolute atomic E-state index is 12.1. The Morgan fingerprint density at radius 3 is 2.61 bits per heavy atom. The molecule has 0 saturated carbocycles. The van der Waals surface area contributed by atoms with Crippen LogP contribution in [-0.2, 0) is 10.2 Å². The molecule has 1 atom stereocenters. The lowest BCUT2D eigenvalue weighted by molar-refractivity contribution is -0.143. The lowest BCUT2D eigenvalue weighted by Crippen LogP contribution is -2.32. The fourth-order valence-corrected chi connectivity index (χ4v) is 1.65. The van der Waals surface area contributed by atoms with Gasteiger partial charge in [0, 0.05) is 5.69 Å². The van der Waals surface area contributed by atoms with E-state index in [0.717, 1.165) is 0 Å². The van der Waals surface area contributed by atoms with E-state index in [4.69, 9.17) is 5.73 Å². The minimum atomic E-state index is -2.96. The third-order valence-corrected chi connectivity index (χ3v) is 3.02. The van der Waals surface area contributed by atoms with Crippen LogP contribution in [0.2, 0.25) is 0 Å². The van der Waals surface area contributed by atoms with Crippen molar-refractivity contribution in [1.29, 1.82) is 0 Å². The van der Waals surface area contributed by atoms with Gasteiger partial charge < -0.3 is 15.6 Å². The van der Waals surface area contributed by atoms with E-state index in [9.17, 15) is 18.7 Å². The van der Waals surface area contributed by atoms with E-state index in [2.05, 4.69) is 4.74 Å². The predicted octanol–water partition coefficient (Wildman–Crippen LogP) is 2.62. The molecule has 100 valence electrons. The van der Waals surface area contributed by atoms with Crippen LogP contribution in [0.3, 0.4) is 0 Å². The number of aliphatic carboxylic acids is 1. The summed E-state index contributed by atoms with van der Waals surface area (Å²) >= 11 is 0. The van der Waals surface area contributed by atoms with Gasteiger partial charge in [-0.1, -0.05) is 6.92 Å². The molecule has 0 heterocycles. The van der Waals surface area contributed by atoms with Gasteiger partial charge in [-0.25, -0.2) is 0 Å². The fraction of sp³-hybridized carbons (Fsp3) is 0.417. The zero-order valence-corrected chi connectivity index (χ0v) is 10.1. The molecule has 0 aliphatic carbocycles. The standard InChI is InChI=1S/C12H15F2NO3/c1-3-12(2,10(16)17)8-6-7(18-11(13)14)4-5-9(8)15/h4-6,11H,3,15H2,1-2H3,(H,16,17). The van der Waals surface area contributed by atoms with Gasteiger partial charge in [0.2, 0.25) is 0 Å². The van der Waals surface area contributed by atoms with Crippen LogP contribution in [0.5, 0.6) is 5.75 Å². The van der Waals surface area contributed by atoms with Crippen molar-refractivity contribution in [2.24, 2.45) is 0 Å². The lowest BCUT2D eigenvalue weighted by Gasteiger charge is -2.25. The molecule has 0 aliphatic rings. The van der Waals surface area contributed by atoms with Crippen molar-refractivity contribution in [3.63, 3.8) is 0 Å². The molecule has 0 fully saturated rings. The van der Waals surface area contributed by atoms with Crippen LogP contribution in [0, 0.1) is 0 Å². The summed E-state index contributed by atoms with van der Waals surface area (Å²) in [6, 6.07) is 3.89. The maximum Gasteiger partial charge on any atom is 0.387 e. The smallest absolute Gasteiger partial charge is 0.387 e. The molecule has 1 rings (SSSR count). The number of carboxylic acid groups (broad SMARTS) is 1. The SMILES string of the molecule is CCC(C)(C(=O)O)c1cc(OC(F)F)ccc1N. The normalized spacial score (nSPS) is 14.3. The topological polar surface area (TPSA) is 72.5 Å². The highest BCUT2D eigenvalue weighted by Gasteiger charge is 2.35. The molecule has 0 aliphatic heterocycles. The van der Waals surface area contributed by atoms with Crippen molar-refractivity contribution < 1.29 is 23.4 Å². The Kier molecular flexibility index (Phi) is 4.11. The average molecular weight is 259 g/mol. The molecule has 3 N–H and O–H groups in total. The molecule has 0 bridgehead atoms. The van der Waals surface area contributed by atoms with E-state index >= 15 is 0 Å². The lowest BCUT2D eigenvalue weighted by atomic mass is 9.79. The summed E-state index contributed by atoms with van der Waals surface area (Å²) in [5, 5.41) is 9.24. The van der Waals surface area contributed by atoms with E-state index in [-0.39, 0.29) is 23.4 Å². The van der Waals surface area contributed by atoms with Gasteiger partial charge >= 0.3 is 12.6 Å². The number of carbonyl (C=O) groups is 1. The number of anilines is 1. The third kappa shape index (κ3) is 2.69. The Bertz CT molecular complexity index is 451. The number of benzene rings is 1. The third-order valence-electron chi connectivity index (χ3n) is 3.02. The number of alkyl halides is 2. The van der Waals surface area contributed by atoms with E-state index in [1.165, 1.54) is 25.1 Å². The largest absolute Gasteiger partial charge is 0.481 e. The van der Waals surface area contributed by atoms with E-state index < -0.39 is 18.0 Å². The molecule has 0 amide bonds. The second-order valence-corrected chi connectivity index (χ2v) is 4.12. The molecule has 0 spiro atoms. The summed E-state index contributed by atoms with van der Waals surface area (Å²) in [5.74, 6) is -1.17. The summed E-state index contributed by atoms with van der Waals surface area (Å²) in [7, 11) is 0. The van der Waals surface area contributed by atoms with Crippen LogP contribution in [0.4, 0.5) is 14.5 Å². The van der Waals surface area contributed by atoms with Crippen LogP contribution >= 0.6 is 0 Å². The van der Waals surface area contributed by atoms with Crippen LogP contribution < -0.4 is 10.5 Å². The summed E-state index contributed by atoms with van der Waals surface area (Å²) in [5.41, 5.74) is 5.00. The van der Waals surface area contributed by atoms with Crippen molar-refractivity contribution in [1.82, 2.24) is 0 Å². The molecular formula is C12H15F2NO3. The van der Waals surface area contributed by atoms with Gasteiger partial charge in [0.15, 0.2) is 0 Å². The van der Waals surface area contributed by atoms with Crippen LogP contribution in [0.25, 0.3) is 0 Å². The van der Waals surface area contributed by atoms with Gasteiger partial charge in [0.1, 0.15) is 5.75 Å². The van der Waals surface area contributed by atoms with E-state index in [1.807, 2.05) is 0 Å². The number of hydrogen-bond acceptors (Lipinski definition) is 3. The second-order valence-electron chi connectivity index (χ2n) is 4.12. The van der Waals surface area contributed by atoms with Crippen molar-refractivity contribution in [3.05, 3.63) is 23.8 Å². The fourth-order valence-electron chi connectivity index (χ4n) is 1.65. The highest BCUT2D eigenvalue weighted by Crippen LogP contribution is 2.35. The Morgan fingerprint density at radius 1 is 1.56 bits per heavy atom. The van der Waals surface area contributed by atoms with Crippen LogP contribution in [0.1, 0.15) is 25.8 Å². The number of ether oxygens (including phenoxy) is 1. The van der Waals surface area contributed by atoms with Gasteiger partial charge in [-0.2, -0.15) is 8.78 Å². The highest BCUT2D eigenvalue weighted by molar-refractivity contribution is 5.83. The molecule has 1 aromatic rings. The Labute approximate surface area is 103 Å². The Hall–Kier alpha value is -1.85. The summed E-state index contributed by atoms with van der Waals surface area (Å²) < 4.78 is 28.5. The van der Waals surface area contributed by atoms with Crippen molar-refractivity contribution >= 4 is 11.7 Å². The molecular weight excluding hydrogens is 244 g/mol. The van der Waals surface area contributed by atoms with Crippen molar-refractivity contribution in [2.75, 3.05) is 5.73 Å². The molecule has 4 nitrogen and oxygen atoms in total. The molecule has 0 saturated heterocycles. The van der Waals surface area contributed by atoms with Gasteiger partial charge in [-0.15, -0.1) is 0 Å². The summed E-state index contributed by atoms with van der Waals surface area (Å²) in [4.78, 5) is 11.3. The first-order valence-electron chi connectivity index (χ1n) is 5.39. The first-order valence-corrected chi connectivity index (χ1v) is 5.39. The maximum atomic E-state index is 12.1. The van der Waals surface area contributed by atoms with Gasteiger partial charge in [0.25, 0.3) is 0 Å². The molecule has 6 heteroatoms. The van der Waals surface area contributed by atoms with Gasteiger partial charge in [-0.3, -0.25) is 4.79 Å². The van der Waals surface area contributed by atoms with Crippen LogP contribution in [-0.4, -0.2) is 17.7 Å². The monoisotopic (exact) mass is 259 g/mol. The minimum Gasteiger partial charge on any atom is -0.481 e. The second kappa shape index (κ2) is 5.20. The molecule has 0 radical (unpaired) electrons. The number of halogens is 2. The predicted molar refractivity (Wildman–Crippen MR) is 62.8 cm³/mol. The molecule has 1 aromatic carbocycles. The molecule has 1 unspecified atom stereocenters. The van der Waals surface area contributed by atoms with E-state index in [1.54, 1.807) is 6.92 Å². The minimum absolute atomic E-state index is 0.102. The highest BCUT2D eigenvalue weighted by atomic mass is 19.3. The van der Waals surface area contributed by atoms with Crippen molar-refractivity contribution in [2.45, 2.75) is 32.3 Å². The molecule has 18 heavy (non-hydrogen) atoms. The number of nitrogens with two attached hydrogens (primary N) is 1. The zero-order chi connectivity index (χ0) is 13.9. The Morgan fingerprint density at radius 2 is 2.17 bits per heavy atom.